The molecule has 24 heavy (non-hydrogen) atoms. The van der Waals surface area contributed by atoms with Crippen LogP contribution in [0.4, 0.5) is 10.1 Å². The third-order valence-electron chi connectivity index (χ3n) is 3.20. The lowest BCUT2D eigenvalue weighted by atomic mass is 10.2. The second-order valence-corrected chi connectivity index (χ2v) is 6.91. The van der Waals surface area contributed by atoms with Gasteiger partial charge < -0.3 is 4.42 Å². The van der Waals surface area contributed by atoms with E-state index < -0.39 is 15.8 Å². The second-order valence-electron chi connectivity index (χ2n) is 5.19. The monoisotopic (exact) mass is 347 g/mol. The third-order valence-corrected chi connectivity index (χ3v) is 4.46. The summed E-state index contributed by atoms with van der Waals surface area (Å²) in [5, 5.41) is 7.64. The van der Waals surface area contributed by atoms with E-state index in [-0.39, 0.29) is 5.75 Å². The maximum Gasteiger partial charge on any atom is 0.247 e. The summed E-state index contributed by atoms with van der Waals surface area (Å²) in [4.78, 5) is 0. The van der Waals surface area contributed by atoms with E-state index in [0.717, 1.165) is 0 Å². The van der Waals surface area contributed by atoms with E-state index in [1.165, 1.54) is 24.3 Å². The predicted molar refractivity (Wildman–Crippen MR) is 87.1 cm³/mol. The average Bonchev–Trinajstić information content (AvgIpc) is 2.96. The van der Waals surface area contributed by atoms with Gasteiger partial charge in [-0.25, -0.2) is 12.8 Å². The van der Waals surface area contributed by atoms with E-state index in [4.69, 9.17) is 4.42 Å². The molecule has 124 valence electrons. The zero-order valence-corrected chi connectivity index (χ0v) is 13.5. The predicted octanol–water partition coefficient (Wildman–Crippen LogP) is 3.13. The Labute approximate surface area is 138 Å². The van der Waals surface area contributed by atoms with Crippen LogP contribution in [0.1, 0.15) is 11.5 Å². The minimum Gasteiger partial charge on any atom is -0.421 e. The number of rotatable bonds is 5. The van der Waals surface area contributed by atoms with Crippen molar-refractivity contribution in [2.24, 2.45) is 0 Å². The highest BCUT2D eigenvalue weighted by atomic mass is 32.2. The lowest BCUT2D eigenvalue weighted by Crippen LogP contribution is -2.15. The molecule has 8 heteroatoms. The van der Waals surface area contributed by atoms with E-state index in [1.54, 1.807) is 31.2 Å². The van der Waals surface area contributed by atoms with Gasteiger partial charge in [-0.05, 0) is 42.0 Å². The molecule has 0 unspecified atom stereocenters. The van der Waals surface area contributed by atoms with Crippen LogP contribution in [0, 0.1) is 12.7 Å². The Hall–Kier alpha value is -2.74. The molecule has 0 saturated carbocycles. The molecule has 0 bridgehead atoms. The van der Waals surface area contributed by atoms with Gasteiger partial charge in [0.15, 0.2) is 0 Å². The summed E-state index contributed by atoms with van der Waals surface area (Å²) in [6.07, 6.45) is 0. The summed E-state index contributed by atoms with van der Waals surface area (Å²) in [6, 6.07) is 11.9. The number of nitrogens with one attached hydrogen (secondary N) is 1. The van der Waals surface area contributed by atoms with Gasteiger partial charge in [-0.15, -0.1) is 10.2 Å². The first-order chi connectivity index (χ1) is 11.4. The molecule has 0 aliphatic heterocycles. The Morgan fingerprint density at radius 1 is 1.04 bits per heavy atom. The van der Waals surface area contributed by atoms with Crippen molar-refractivity contribution < 1.29 is 17.2 Å². The molecular weight excluding hydrogens is 333 g/mol. The number of aromatic nitrogens is 2. The van der Waals surface area contributed by atoms with Crippen molar-refractivity contribution in [2.75, 3.05) is 4.72 Å². The van der Waals surface area contributed by atoms with E-state index >= 15 is 0 Å². The van der Waals surface area contributed by atoms with Gasteiger partial charge in [-0.2, -0.15) is 0 Å². The molecule has 0 saturated heterocycles. The fourth-order valence-electron chi connectivity index (χ4n) is 2.11. The average molecular weight is 347 g/mol. The molecule has 6 nitrogen and oxygen atoms in total. The third kappa shape index (κ3) is 3.96. The molecule has 1 N–H and O–H groups in total. The molecule has 0 radical (unpaired) electrons. The summed E-state index contributed by atoms with van der Waals surface area (Å²) >= 11 is 0. The molecule has 3 rings (SSSR count). The van der Waals surface area contributed by atoms with Crippen LogP contribution < -0.4 is 4.72 Å². The highest BCUT2D eigenvalue weighted by molar-refractivity contribution is 7.91. The zero-order valence-electron chi connectivity index (χ0n) is 12.7. The topological polar surface area (TPSA) is 85.1 Å². The van der Waals surface area contributed by atoms with Gasteiger partial charge in [-0.1, -0.05) is 12.1 Å². The second kappa shape index (κ2) is 6.40. The molecule has 1 heterocycles. The van der Waals surface area contributed by atoms with Crippen LogP contribution in [0.5, 0.6) is 0 Å². The smallest absolute Gasteiger partial charge is 0.247 e. The van der Waals surface area contributed by atoms with Crippen LogP contribution >= 0.6 is 0 Å². The molecule has 0 aliphatic rings. The Kier molecular flexibility index (Phi) is 4.30. The van der Waals surface area contributed by atoms with Crippen LogP contribution in [0.2, 0.25) is 0 Å². The van der Waals surface area contributed by atoms with E-state index in [0.29, 0.717) is 28.6 Å². The standard InChI is InChI=1S/C16H14FN3O3S/c1-11-18-19-16(23-11)13-4-8-15(9-5-13)20-24(21,22)10-12-2-6-14(17)7-3-12/h2-9,20H,10H2,1H3. The molecule has 0 spiro atoms. The highest BCUT2D eigenvalue weighted by Gasteiger charge is 2.13. The van der Waals surface area contributed by atoms with Gasteiger partial charge in [0, 0.05) is 18.2 Å². The first-order valence-corrected chi connectivity index (χ1v) is 8.72. The van der Waals surface area contributed by atoms with Crippen LogP contribution in [0.15, 0.2) is 52.9 Å². The molecule has 3 aromatic rings. The van der Waals surface area contributed by atoms with Gasteiger partial charge in [-0.3, -0.25) is 4.72 Å². The van der Waals surface area contributed by atoms with Crippen LogP contribution in [0.25, 0.3) is 11.5 Å². The number of halogens is 1. The Bertz CT molecular complexity index is 935. The maximum absolute atomic E-state index is 12.9. The quantitative estimate of drug-likeness (QED) is 0.766. The minimum atomic E-state index is -3.60. The van der Waals surface area contributed by atoms with Crippen LogP contribution in [-0.2, 0) is 15.8 Å². The summed E-state index contributed by atoms with van der Waals surface area (Å²) < 4.78 is 45.0. The number of anilines is 1. The fraction of sp³-hybridized carbons (Fsp3) is 0.125. The summed E-state index contributed by atoms with van der Waals surface area (Å²) in [6.45, 7) is 1.69. The number of sulfonamides is 1. The van der Waals surface area contributed by atoms with E-state index in [1.807, 2.05) is 0 Å². The van der Waals surface area contributed by atoms with Gasteiger partial charge in [0.1, 0.15) is 5.82 Å². The highest BCUT2D eigenvalue weighted by Crippen LogP contribution is 2.21. The molecule has 1 aromatic heterocycles. The maximum atomic E-state index is 12.9. The van der Waals surface area contributed by atoms with Crippen molar-refractivity contribution in [3.63, 3.8) is 0 Å². The number of aryl methyl sites for hydroxylation is 1. The van der Waals surface area contributed by atoms with Crippen LogP contribution in [0.3, 0.4) is 0 Å². The van der Waals surface area contributed by atoms with E-state index in [9.17, 15) is 12.8 Å². The van der Waals surface area contributed by atoms with E-state index in [2.05, 4.69) is 14.9 Å². The van der Waals surface area contributed by atoms with Gasteiger partial charge >= 0.3 is 0 Å². The number of hydrogen-bond acceptors (Lipinski definition) is 5. The number of hydrogen-bond donors (Lipinski definition) is 1. The van der Waals surface area contributed by atoms with Crippen molar-refractivity contribution in [3.8, 4) is 11.5 Å². The van der Waals surface area contributed by atoms with Crippen molar-refractivity contribution in [3.05, 3.63) is 65.8 Å². The summed E-state index contributed by atoms with van der Waals surface area (Å²) in [5.41, 5.74) is 1.61. The van der Waals surface area contributed by atoms with Crippen molar-refractivity contribution in [1.82, 2.24) is 10.2 Å². The molecule has 0 amide bonds. The lowest BCUT2D eigenvalue weighted by molar-refractivity contribution is 0.533. The van der Waals surface area contributed by atoms with Crippen molar-refractivity contribution in [1.29, 1.82) is 0 Å². The molecule has 2 aromatic carbocycles. The lowest BCUT2D eigenvalue weighted by Gasteiger charge is -2.08. The molecule has 0 atom stereocenters. The first kappa shape index (κ1) is 16.1. The number of benzene rings is 2. The minimum absolute atomic E-state index is 0.238. The Morgan fingerprint density at radius 2 is 1.71 bits per heavy atom. The Balaban J connectivity index is 1.71. The van der Waals surface area contributed by atoms with Gasteiger partial charge in [0.05, 0.1) is 5.75 Å². The van der Waals surface area contributed by atoms with Crippen molar-refractivity contribution in [2.45, 2.75) is 12.7 Å². The molecule has 0 fully saturated rings. The largest absolute Gasteiger partial charge is 0.421 e. The van der Waals surface area contributed by atoms with Crippen molar-refractivity contribution >= 4 is 15.7 Å². The first-order valence-electron chi connectivity index (χ1n) is 7.07. The summed E-state index contributed by atoms with van der Waals surface area (Å²) in [5.74, 6) is 0.177. The van der Waals surface area contributed by atoms with Gasteiger partial charge in [0.25, 0.3) is 0 Å². The SMILES string of the molecule is Cc1nnc(-c2ccc(NS(=O)(=O)Cc3ccc(F)cc3)cc2)o1. The Morgan fingerprint density at radius 3 is 2.29 bits per heavy atom. The fourth-order valence-corrected chi connectivity index (χ4v) is 3.31. The molecule has 0 aliphatic carbocycles. The molecular formula is C16H14FN3O3S. The zero-order chi connectivity index (χ0) is 17.2. The normalized spacial score (nSPS) is 11.4. The van der Waals surface area contributed by atoms with Crippen LogP contribution in [-0.4, -0.2) is 18.6 Å². The van der Waals surface area contributed by atoms with Gasteiger partial charge in [0.2, 0.25) is 21.8 Å². The number of nitrogens with zero attached hydrogens (tertiary/aromatic N) is 2. The summed E-state index contributed by atoms with van der Waals surface area (Å²) in [7, 11) is -3.60.